The fourth-order valence-corrected chi connectivity index (χ4v) is 3.71. The number of hydrogen-bond acceptors (Lipinski definition) is 8. The molecule has 0 unspecified atom stereocenters. The minimum Gasteiger partial charge on any atom is -0.324 e. The molecule has 170 valence electrons. The number of thioether (sulfide) groups is 2. The molecule has 10 nitrogen and oxygen atoms in total. The molecule has 0 bridgehead atoms. The Hall–Kier alpha value is -2.86. The number of hydrogen-bond donors (Lipinski definition) is 4. The normalized spacial score (nSPS) is 11.2. The summed E-state index contributed by atoms with van der Waals surface area (Å²) in [6.45, 7) is 8.05. The maximum atomic E-state index is 12.4. The zero-order chi connectivity index (χ0) is 23.1. The second-order valence-corrected chi connectivity index (χ2v) is 9.42. The van der Waals surface area contributed by atoms with Gasteiger partial charge in [0, 0.05) is 11.8 Å². The molecule has 2 heterocycles. The van der Waals surface area contributed by atoms with Gasteiger partial charge in [-0.3, -0.25) is 19.8 Å². The number of nitrogens with zero attached hydrogens (tertiary/aromatic N) is 4. The second-order valence-electron chi connectivity index (χ2n) is 7.54. The molecule has 0 atom stereocenters. The van der Waals surface area contributed by atoms with Gasteiger partial charge in [-0.25, -0.2) is 9.97 Å². The van der Waals surface area contributed by atoms with Crippen molar-refractivity contribution in [2.75, 3.05) is 22.1 Å². The van der Waals surface area contributed by atoms with E-state index < -0.39 is 0 Å². The van der Waals surface area contributed by atoms with E-state index in [4.69, 9.17) is 0 Å². The van der Waals surface area contributed by atoms with E-state index in [2.05, 4.69) is 41.0 Å². The molecule has 0 aliphatic heterocycles. The molecule has 4 N–H and O–H groups in total. The highest BCUT2D eigenvalue weighted by atomic mass is 32.2. The van der Waals surface area contributed by atoms with Gasteiger partial charge in [0.2, 0.25) is 22.1 Å². The summed E-state index contributed by atoms with van der Waals surface area (Å²) < 4.78 is 0. The third kappa shape index (κ3) is 6.82. The quantitative estimate of drug-likeness (QED) is 0.326. The standard InChI is InChI=1S/C20H26N8O2S2/c1-11(2)17-23-19(27-25-17)31-9-15(29)21-13-7-5-6-8-14(13)22-16(30)10-32-20-24-18(12(3)4)26-28-20/h5-8,11-12H,9-10H2,1-4H3,(H,21,29)(H,22,30)(H,23,25,27)(H,24,26,28). The van der Waals surface area contributed by atoms with Gasteiger partial charge in [-0.15, -0.1) is 10.2 Å². The molecular weight excluding hydrogens is 448 g/mol. The van der Waals surface area contributed by atoms with Gasteiger partial charge in [0.1, 0.15) is 11.6 Å². The van der Waals surface area contributed by atoms with Gasteiger partial charge < -0.3 is 10.6 Å². The van der Waals surface area contributed by atoms with Crippen LogP contribution < -0.4 is 10.6 Å². The number of nitrogens with one attached hydrogen (secondary N) is 4. The molecule has 0 radical (unpaired) electrons. The SMILES string of the molecule is CC(C)c1nc(SCC(=O)Nc2ccccc2NC(=O)CSc2n[nH]c(C(C)C)n2)n[nH]1. The first-order chi connectivity index (χ1) is 15.3. The molecular formula is C20H26N8O2S2. The lowest BCUT2D eigenvalue weighted by molar-refractivity contribution is -0.114. The van der Waals surface area contributed by atoms with Crippen LogP contribution in [-0.4, -0.2) is 53.7 Å². The lowest BCUT2D eigenvalue weighted by Crippen LogP contribution is -2.19. The Bertz CT molecular complexity index is 980. The van der Waals surface area contributed by atoms with Crippen LogP contribution in [0.2, 0.25) is 0 Å². The predicted octanol–water partition coefficient (Wildman–Crippen LogP) is 3.63. The van der Waals surface area contributed by atoms with Crippen LogP contribution in [0.25, 0.3) is 0 Å². The Morgan fingerprint density at radius 3 is 1.56 bits per heavy atom. The number of H-pyrrole nitrogens is 2. The van der Waals surface area contributed by atoms with E-state index in [1.807, 2.05) is 27.7 Å². The first kappa shape index (κ1) is 23.8. The average Bonchev–Trinajstić information content (AvgIpc) is 3.42. The Morgan fingerprint density at radius 2 is 1.22 bits per heavy atom. The van der Waals surface area contributed by atoms with E-state index >= 15 is 0 Å². The smallest absolute Gasteiger partial charge is 0.234 e. The molecule has 0 aliphatic rings. The van der Waals surface area contributed by atoms with Crippen molar-refractivity contribution in [3.05, 3.63) is 35.9 Å². The molecule has 1 aromatic carbocycles. The maximum Gasteiger partial charge on any atom is 0.234 e. The molecule has 0 saturated heterocycles. The number of aromatic nitrogens is 6. The molecule has 3 rings (SSSR count). The van der Waals surface area contributed by atoms with Crippen LogP contribution in [0.3, 0.4) is 0 Å². The molecule has 3 aromatic rings. The summed E-state index contributed by atoms with van der Waals surface area (Å²) in [5.74, 6) is 1.90. The van der Waals surface area contributed by atoms with Crippen molar-refractivity contribution in [2.45, 2.75) is 49.8 Å². The third-order valence-electron chi connectivity index (χ3n) is 4.20. The van der Waals surface area contributed by atoms with Crippen molar-refractivity contribution in [2.24, 2.45) is 0 Å². The van der Waals surface area contributed by atoms with Crippen molar-refractivity contribution in [3.8, 4) is 0 Å². The Morgan fingerprint density at radius 1 is 0.812 bits per heavy atom. The Balaban J connectivity index is 1.51. The van der Waals surface area contributed by atoms with Crippen molar-refractivity contribution < 1.29 is 9.59 Å². The molecule has 0 aliphatic carbocycles. The Kier molecular flexibility index (Phi) is 8.28. The summed E-state index contributed by atoms with van der Waals surface area (Å²) in [6.07, 6.45) is 0. The van der Waals surface area contributed by atoms with Gasteiger partial charge >= 0.3 is 0 Å². The van der Waals surface area contributed by atoms with E-state index in [1.54, 1.807) is 24.3 Å². The number of aromatic amines is 2. The van der Waals surface area contributed by atoms with Crippen molar-refractivity contribution >= 4 is 46.7 Å². The molecule has 32 heavy (non-hydrogen) atoms. The topological polar surface area (TPSA) is 141 Å². The molecule has 0 fully saturated rings. The zero-order valence-electron chi connectivity index (χ0n) is 18.3. The van der Waals surface area contributed by atoms with Crippen molar-refractivity contribution in [3.63, 3.8) is 0 Å². The van der Waals surface area contributed by atoms with E-state index in [0.29, 0.717) is 21.7 Å². The average molecular weight is 475 g/mol. The van der Waals surface area contributed by atoms with Crippen LogP contribution in [0.15, 0.2) is 34.6 Å². The van der Waals surface area contributed by atoms with E-state index in [1.165, 1.54) is 23.5 Å². The fourth-order valence-electron chi connectivity index (χ4n) is 2.50. The van der Waals surface area contributed by atoms with E-state index in [-0.39, 0.29) is 35.2 Å². The van der Waals surface area contributed by atoms with Gasteiger partial charge in [-0.1, -0.05) is 63.4 Å². The first-order valence-electron chi connectivity index (χ1n) is 10.1. The summed E-state index contributed by atoms with van der Waals surface area (Å²) in [4.78, 5) is 33.5. The lowest BCUT2D eigenvalue weighted by atomic mass is 10.2. The number of carbonyl (C=O) groups excluding carboxylic acids is 2. The fraction of sp³-hybridized carbons (Fsp3) is 0.400. The highest BCUT2D eigenvalue weighted by Crippen LogP contribution is 2.23. The first-order valence-corrected chi connectivity index (χ1v) is 12.1. The van der Waals surface area contributed by atoms with Crippen LogP contribution in [0, 0.1) is 0 Å². The van der Waals surface area contributed by atoms with Crippen LogP contribution in [-0.2, 0) is 9.59 Å². The second kappa shape index (κ2) is 11.1. The summed E-state index contributed by atoms with van der Waals surface area (Å²) >= 11 is 2.48. The maximum absolute atomic E-state index is 12.4. The summed E-state index contributed by atoms with van der Waals surface area (Å²) in [7, 11) is 0. The third-order valence-corrected chi connectivity index (χ3v) is 5.89. The van der Waals surface area contributed by atoms with Gasteiger partial charge in [0.05, 0.1) is 22.9 Å². The molecule has 2 aromatic heterocycles. The molecule has 12 heteroatoms. The highest BCUT2D eigenvalue weighted by Gasteiger charge is 2.14. The minimum atomic E-state index is -0.219. The van der Waals surface area contributed by atoms with Crippen molar-refractivity contribution in [1.82, 2.24) is 30.4 Å². The van der Waals surface area contributed by atoms with E-state index in [9.17, 15) is 9.59 Å². The lowest BCUT2D eigenvalue weighted by Gasteiger charge is -2.11. The van der Waals surface area contributed by atoms with Crippen LogP contribution in [0.1, 0.15) is 51.2 Å². The zero-order valence-corrected chi connectivity index (χ0v) is 19.9. The monoisotopic (exact) mass is 474 g/mol. The van der Waals surface area contributed by atoms with Crippen LogP contribution in [0.5, 0.6) is 0 Å². The Labute approximate surface area is 194 Å². The van der Waals surface area contributed by atoms with Crippen molar-refractivity contribution in [1.29, 1.82) is 0 Å². The number of para-hydroxylation sites is 2. The van der Waals surface area contributed by atoms with Gasteiger partial charge in [0.15, 0.2) is 0 Å². The van der Waals surface area contributed by atoms with Crippen LogP contribution >= 0.6 is 23.5 Å². The largest absolute Gasteiger partial charge is 0.324 e. The number of anilines is 2. The number of benzene rings is 1. The van der Waals surface area contributed by atoms with Gasteiger partial charge in [-0.05, 0) is 12.1 Å². The predicted molar refractivity (Wildman–Crippen MR) is 126 cm³/mol. The van der Waals surface area contributed by atoms with Gasteiger partial charge in [-0.2, -0.15) is 0 Å². The molecule has 0 saturated carbocycles. The minimum absolute atomic E-state index is 0.149. The number of rotatable bonds is 10. The highest BCUT2D eigenvalue weighted by molar-refractivity contribution is 8.00. The van der Waals surface area contributed by atoms with Crippen LogP contribution in [0.4, 0.5) is 11.4 Å². The van der Waals surface area contributed by atoms with E-state index in [0.717, 1.165) is 11.6 Å². The number of carbonyl (C=O) groups is 2. The molecule has 0 spiro atoms. The number of amides is 2. The summed E-state index contributed by atoms with van der Waals surface area (Å²) in [6, 6.07) is 7.05. The summed E-state index contributed by atoms with van der Waals surface area (Å²) in [5.41, 5.74) is 1.04. The molecule has 2 amide bonds. The summed E-state index contributed by atoms with van der Waals surface area (Å²) in [5, 5.41) is 20.6. The van der Waals surface area contributed by atoms with Gasteiger partial charge in [0.25, 0.3) is 0 Å².